The van der Waals surface area contributed by atoms with Gasteiger partial charge < -0.3 is 9.84 Å². The largest absolute Gasteiger partial charge is 0.495 e. The van der Waals surface area contributed by atoms with Gasteiger partial charge in [0, 0.05) is 0 Å². The Bertz CT molecular complexity index is 426. The van der Waals surface area contributed by atoms with Crippen molar-refractivity contribution >= 4 is 11.6 Å². The van der Waals surface area contributed by atoms with E-state index in [1.165, 1.54) is 6.42 Å². The van der Waals surface area contributed by atoms with E-state index in [0.717, 1.165) is 30.4 Å². The summed E-state index contributed by atoms with van der Waals surface area (Å²) in [4.78, 5) is 0. The topological polar surface area (TPSA) is 29.5 Å². The first-order chi connectivity index (χ1) is 8.22. The van der Waals surface area contributed by atoms with Gasteiger partial charge in [-0.05, 0) is 49.0 Å². The summed E-state index contributed by atoms with van der Waals surface area (Å²) < 4.78 is 5.10. The molecule has 1 aliphatic carbocycles. The van der Waals surface area contributed by atoms with E-state index in [1.54, 1.807) is 19.2 Å². The quantitative estimate of drug-likeness (QED) is 0.828. The van der Waals surface area contributed by atoms with Gasteiger partial charge in [0.1, 0.15) is 11.9 Å². The van der Waals surface area contributed by atoms with Gasteiger partial charge in [-0.1, -0.05) is 23.7 Å². The van der Waals surface area contributed by atoms with Crippen LogP contribution in [0.4, 0.5) is 0 Å². The highest BCUT2D eigenvalue weighted by Crippen LogP contribution is 2.33. The molecule has 17 heavy (non-hydrogen) atoms. The van der Waals surface area contributed by atoms with E-state index in [-0.39, 0.29) is 0 Å². The number of hydrogen-bond acceptors (Lipinski definition) is 2. The Kier molecular flexibility index (Phi) is 4.08. The molecule has 1 N–H and O–H groups in total. The minimum Gasteiger partial charge on any atom is -0.495 e. The fraction of sp³-hybridized carbons (Fsp3) is 0.429. The number of aliphatic hydroxyl groups excluding tert-OH is 1. The lowest BCUT2D eigenvalue weighted by Crippen LogP contribution is -2.04. The molecule has 2 rings (SSSR count). The van der Waals surface area contributed by atoms with Crippen molar-refractivity contribution in [2.45, 2.75) is 31.8 Å². The highest BCUT2D eigenvalue weighted by atomic mass is 35.5. The molecule has 0 aliphatic heterocycles. The normalized spacial score (nSPS) is 17.5. The van der Waals surface area contributed by atoms with Gasteiger partial charge in [0.25, 0.3) is 0 Å². The van der Waals surface area contributed by atoms with Gasteiger partial charge in [-0.25, -0.2) is 0 Å². The summed E-state index contributed by atoms with van der Waals surface area (Å²) >= 11 is 6.06. The average Bonchev–Trinajstić information content (AvgIpc) is 2.39. The average molecular weight is 253 g/mol. The smallest absolute Gasteiger partial charge is 0.137 e. The second-order valence-corrected chi connectivity index (χ2v) is 4.73. The van der Waals surface area contributed by atoms with Crippen molar-refractivity contribution in [3.8, 4) is 5.75 Å². The van der Waals surface area contributed by atoms with Crippen LogP contribution in [0.3, 0.4) is 0 Å². The van der Waals surface area contributed by atoms with Crippen LogP contribution in [0.1, 0.15) is 37.4 Å². The molecular weight excluding hydrogens is 236 g/mol. The van der Waals surface area contributed by atoms with Crippen molar-refractivity contribution in [1.29, 1.82) is 0 Å². The molecule has 1 unspecified atom stereocenters. The predicted octanol–water partition coefficient (Wildman–Crippen LogP) is 3.88. The van der Waals surface area contributed by atoms with Crippen LogP contribution in [-0.2, 0) is 0 Å². The lowest BCUT2D eigenvalue weighted by molar-refractivity contribution is 0.208. The molecular formula is C14H17ClO2. The molecule has 3 heteroatoms. The Morgan fingerprint density at radius 3 is 2.76 bits per heavy atom. The van der Waals surface area contributed by atoms with Gasteiger partial charge in [0.2, 0.25) is 0 Å². The first kappa shape index (κ1) is 12.5. The number of benzene rings is 1. The summed E-state index contributed by atoms with van der Waals surface area (Å²) in [5, 5.41) is 10.8. The van der Waals surface area contributed by atoms with E-state index in [0.29, 0.717) is 10.8 Å². The highest BCUT2D eigenvalue weighted by Gasteiger charge is 2.16. The number of methoxy groups -OCH3 is 1. The van der Waals surface area contributed by atoms with Gasteiger partial charge in [-0.3, -0.25) is 0 Å². The van der Waals surface area contributed by atoms with E-state index >= 15 is 0 Å². The molecule has 2 nitrogen and oxygen atoms in total. The van der Waals surface area contributed by atoms with Crippen molar-refractivity contribution in [2.75, 3.05) is 7.11 Å². The monoisotopic (exact) mass is 252 g/mol. The van der Waals surface area contributed by atoms with E-state index in [4.69, 9.17) is 16.3 Å². The molecule has 0 aromatic heterocycles. The number of aliphatic hydroxyl groups is 1. The van der Waals surface area contributed by atoms with E-state index in [9.17, 15) is 5.11 Å². The minimum absolute atomic E-state index is 0.529. The van der Waals surface area contributed by atoms with Crippen LogP contribution in [-0.4, -0.2) is 12.2 Å². The summed E-state index contributed by atoms with van der Waals surface area (Å²) in [7, 11) is 1.58. The zero-order valence-electron chi connectivity index (χ0n) is 9.95. The van der Waals surface area contributed by atoms with Crippen LogP contribution in [0.25, 0.3) is 0 Å². The second-order valence-electron chi connectivity index (χ2n) is 4.32. The summed E-state index contributed by atoms with van der Waals surface area (Å²) in [5.41, 5.74) is 1.95. The first-order valence-electron chi connectivity index (χ1n) is 5.93. The first-order valence-corrected chi connectivity index (χ1v) is 6.30. The lowest BCUT2D eigenvalue weighted by atomic mass is 9.92. The maximum Gasteiger partial charge on any atom is 0.137 e. The van der Waals surface area contributed by atoms with E-state index in [1.807, 2.05) is 6.07 Å². The molecule has 92 valence electrons. The Morgan fingerprint density at radius 1 is 1.35 bits per heavy atom. The molecule has 0 amide bonds. The Morgan fingerprint density at radius 2 is 2.18 bits per heavy atom. The van der Waals surface area contributed by atoms with Crippen molar-refractivity contribution in [3.63, 3.8) is 0 Å². The van der Waals surface area contributed by atoms with Crippen molar-refractivity contribution < 1.29 is 9.84 Å². The zero-order valence-corrected chi connectivity index (χ0v) is 10.7. The third kappa shape index (κ3) is 2.82. The van der Waals surface area contributed by atoms with Crippen molar-refractivity contribution in [1.82, 2.24) is 0 Å². The Labute approximate surface area is 107 Å². The van der Waals surface area contributed by atoms with Gasteiger partial charge in [0.05, 0.1) is 12.1 Å². The SMILES string of the molecule is COc1ccc(C(O)C2=CCCCC2)cc1Cl. The molecule has 1 aliphatic rings. The maximum atomic E-state index is 10.3. The molecule has 0 fully saturated rings. The molecule has 1 atom stereocenters. The fourth-order valence-corrected chi connectivity index (χ4v) is 2.44. The summed E-state index contributed by atoms with van der Waals surface area (Å²) in [6.45, 7) is 0. The predicted molar refractivity (Wildman–Crippen MR) is 69.5 cm³/mol. The molecule has 1 aromatic rings. The summed E-state index contributed by atoms with van der Waals surface area (Å²) in [6, 6.07) is 5.44. The lowest BCUT2D eigenvalue weighted by Gasteiger charge is -2.19. The number of allylic oxidation sites excluding steroid dienone is 1. The number of hydrogen-bond donors (Lipinski definition) is 1. The number of halogens is 1. The van der Waals surface area contributed by atoms with Crippen molar-refractivity contribution in [3.05, 3.63) is 40.4 Å². The Balaban J connectivity index is 2.21. The molecule has 0 saturated heterocycles. The zero-order chi connectivity index (χ0) is 12.3. The van der Waals surface area contributed by atoms with Gasteiger partial charge in [0.15, 0.2) is 0 Å². The van der Waals surface area contributed by atoms with Crippen LogP contribution in [0.2, 0.25) is 5.02 Å². The van der Waals surface area contributed by atoms with Crippen LogP contribution in [0, 0.1) is 0 Å². The fourth-order valence-electron chi connectivity index (χ4n) is 2.18. The second kappa shape index (κ2) is 5.56. The van der Waals surface area contributed by atoms with Crippen LogP contribution in [0.15, 0.2) is 29.8 Å². The molecule has 0 saturated carbocycles. The molecule has 0 bridgehead atoms. The van der Waals surface area contributed by atoms with Gasteiger partial charge in [-0.15, -0.1) is 0 Å². The molecule has 0 heterocycles. The van der Waals surface area contributed by atoms with E-state index in [2.05, 4.69) is 6.08 Å². The molecule has 1 aromatic carbocycles. The van der Waals surface area contributed by atoms with E-state index < -0.39 is 6.10 Å². The van der Waals surface area contributed by atoms with Crippen LogP contribution < -0.4 is 4.74 Å². The van der Waals surface area contributed by atoms with Gasteiger partial charge in [-0.2, -0.15) is 0 Å². The third-order valence-electron chi connectivity index (χ3n) is 3.17. The molecule has 0 spiro atoms. The van der Waals surface area contributed by atoms with Crippen LogP contribution >= 0.6 is 11.6 Å². The van der Waals surface area contributed by atoms with Gasteiger partial charge >= 0.3 is 0 Å². The summed E-state index contributed by atoms with van der Waals surface area (Å²) in [5.74, 6) is 0.639. The third-order valence-corrected chi connectivity index (χ3v) is 3.46. The Hall–Kier alpha value is -0.990. The number of rotatable bonds is 3. The standard InChI is InChI=1S/C14H17ClO2/c1-17-13-8-7-11(9-12(13)15)14(16)10-5-3-2-4-6-10/h5,7-9,14,16H,2-4,6H2,1H3. The number of ether oxygens (including phenoxy) is 1. The molecule has 0 radical (unpaired) electrons. The van der Waals surface area contributed by atoms with Crippen molar-refractivity contribution in [2.24, 2.45) is 0 Å². The maximum absolute atomic E-state index is 10.3. The summed E-state index contributed by atoms with van der Waals surface area (Å²) in [6.07, 6.45) is 6.04. The highest BCUT2D eigenvalue weighted by molar-refractivity contribution is 6.32. The van der Waals surface area contributed by atoms with Crippen LogP contribution in [0.5, 0.6) is 5.75 Å². The minimum atomic E-state index is -0.529.